The average molecular weight is 294 g/mol. The van der Waals surface area contributed by atoms with Crippen LogP contribution < -0.4 is 9.47 Å². The lowest BCUT2D eigenvalue weighted by Gasteiger charge is -2.08. The van der Waals surface area contributed by atoms with Gasteiger partial charge in [0, 0.05) is 12.0 Å². The van der Waals surface area contributed by atoms with E-state index in [-0.39, 0.29) is 5.56 Å². The van der Waals surface area contributed by atoms with Gasteiger partial charge in [0.05, 0.1) is 13.2 Å². The molecule has 0 aliphatic carbocycles. The maximum Gasteiger partial charge on any atom is 0.258 e. The summed E-state index contributed by atoms with van der Waals surface area (Å²) in [7, 11) is 0. The summed E-state index contributed by atoms with van der Waals surface area (Å²) in [6.07, 6.45) is 0.832. The molecule has 0 saturated carbocycles. The number of carbonyl (C=O) groups is 1. The van der Waals surface area contributed by atoms with Crippen LogP contribution in [0.5, 0.6) is 11.5 Å². The predicted octanol–water partition coefficient (Wildman–Crippen LogP) is 3.19. The molecule has 20 heavy (non-hydrogen) atoms. The topological polar surface area (TPSA) is 61.6 Å². The van der Waals surface area contributed by atoms with E-state index in [4.69, 9.17) is 25.6 Å². The fraction of sp³-hybridized carbons (Fsp3) is 0.286. The van der Waals surface area contributed by atoms with Gasteiger partial charge >= 0.3 is 0 Å². The van der Waals surface area contributed by atoms with E-state index in [1.807, 2.05) is 0 Å². The SMILES string of the molecule is Cc1onc(-c2ccc3c(c2)OCCCO3)c1C(=O)Cl. The van der Waals surface area contributed by atoms with E-state index < -0.39 is 5.24 Å². The molecule has 5 nitrogen and oxygen atoms in total. The molecule has 0 spiro atoms. The van der Waals surface area contributed by atoms with Crippen LogP contribution in [0, 0.1) is 6.92 Å². The third-order valence-corrected chi connectivity index (χ3v) is 3.27. The fourth-order valence-corrected chi connectivity index (χ4v) is 2.33. The van der Waals surface area contributed by atoms with Gasteiger partial charge in [-0.05, 0) is 36.7 Å². The Labute approximate surface area is 120 Å². The van der Waals surface area contributed by atoms with Crippen molar-refractivity contribution in [2.75, 3.05) is 13.2 Å². The van der Waals surface area contributed by atoms with E-state index >= 15 is 0 Å². The van der Waals surface area contributed by atoms with Gasteiger partial charge in [0.2, 0.25) is 0 Å². The summed E-state index contributed by atoms with van der Waals surface area (Å²) < 4.78 is 16.2. The number of nitrogens with zero attached hydrogens (tertiary/aromatic N) is 1. The third kappa shape index (κ3) is 2.25. The number of benzene rings is 1. The summed E-state index contributed by atoms with van der Waals surface area (Å²) in [5.41, 5.74) is 1.40. The molecule has 3 rings (SSSR count). The second-order valence-electron chi connectivity index (χ2n) is 4.45. The average Bonchev–Trinajstić information content (AvgIpc) is 2.67. The lowest BCUT2D eigenvalue weighted by Crippen LogP contribution is -1.97. The summed E-state index contributed by atoms with van der Waals surface area (Å²) in [6.45, 7) is 2.87. The normalized spacial score (nSPS) is 13.9. The van der Waals surface area contributed by atoms with Crippen LogP contribution in [0.4, 0.5) is 0 Å². The molecule has 1 aromatic heterocycles. The van der Waals surface area contributed by atoms with E-state index in [1.165, 1.54) is 0 Å². The molecule has 0 atom stereocenters. The first-order valence-corrected chi connectivity index (χ1v) is 6.61. The minimum absolute atomic E-state index is 0.279. The highest BCUT2D eigenvalue weighted by atomic mass is 35.5. The van der Waals surface area contributed by atoms with E-state index in [1.54, 1.807) is 25.1 Å². The van der Waals surface area contributed by atoms with Crippen LogP contribution in [0.1, 0.15) is 22.5 Å². The van der Waals surface area contributed by atoms with Crippen molar-refractivity contribution < 1.29 is 18.8 Å². The minimum Gasteiger partial charge on any atom is -0.490 e. The first-order chi connectivity index (χ1) is 9.66. The van der Waals surface area contributed by atoms with E-state index in [9.17, 15) is 4.79 Å². The van der Waals surface area contributed by atoms with E-state index in [0.29, 0.717) is 41.7 Å². The van der Waals surface area contributed by atoms with Crippen LogP contribution in [-0.2, 0) is 0 Å². The first-order valence-electron chi connectivity index (χ1n) is 6.23. The highest BCUT2D eigenvalue weighted by Crippen LogP contribution is 2.35. The highest BCUT2D eigenvalue weighted by molar-refractivity contribution is 6.68. The summed E-state index contributed by atoms with van der Waals surface area (Å²) >= 11 is 5.58. The number of hydrogen-bond donors (Lipinski definition) is 0. The van der Waals surface area contributed by atoms with Crippen molar-refractivity contribution in [1.82, 2.24) is 5.16 Å². The standard InChI is InChI=1S/C14H12ClNO4/c1-8-12(14(15)17)13(16-20-8)9-3-4-10-11(7-9)19-6-2-5-18-10/h3-4,7H,2,5-6H2,1H3. The second-order valence-corrected chi connectivity index (χ2v) is 4.79. The number of fused-ring (bicyclic) bond motifs is 1. The molecule has 0 N–H and O–H groups in total. The Kier molecular flexibility index (Phi) is 3.36. The van der Waals surface area contributed by atoms with Crippen molar-refractivity contribution in [2.24, 2.45) is 0 Å². The summed E-state index contributed by atoms with van der Waals surface area (Å²) in [4.78, 5) is 11.5. The quantitative estimate of drug-likeness (QED) is 0.796. The van der Waals surface area contributed by atoms with Crippen molar-refractivity contribution in [3.8, 4) is 22.8 Å². The van der Waals surface area contributed by atoms with Gasteiger partial charge in [-0.1, -0.05) is 5.16 Å². The van der Waals surface area contributed by atoms with Crippen LogP contribution in [0.2, 0.25) is 0 Å². The van der Waals surface area contributed by atoms with Gasteiger partial charge in [-0.3, -0.25) is 4.79 Å². The number of hydrogen-bond acceptors (Lipinski definition) is 5. The zero-order valence-electron chi connectivity index (χ0n) is 10.8. The smallest absolute Gasteiger partial charge is 0.258 e. The van der Waals surface area contributed by atoms with Gasteiger partial charge in [-0.15, -0.1) is 0 Å². The molecule has 2 aromatic rings. The monoisotopic (exact) mass is 293 g/mol. The molecule has 0 fully saturated rings. The minimum atomic E-state index is -0.592. The maximum atomic E-state index is 11.5. The van der Waals surface area contributed by atoms with Crippen molar-refractivity contribution in [3.63, 3.8) is 0 Å². The van der Waals surface area contributed by atoms with Crippen molar-refractivity contribution >= 4 is 16.8 Å². The molecule has 1 aromatic carbocycles. The number of ether oxygens (including phenoxy) is 2. The van der Waals surface area contributed by atoms with Crippen molar-refractivity contribution in [1.29, 1.82) is 0 Å². The van der Waals surface area contributed by atoms with E-state index in [0.717, 1.165) is 6.42 Å². The summed E-state index contributed by atoms with van der Waals surface area (Å²) in [6, 6.07) is 5.37. The first kappa shape index (κ1) is 13.0. The van der Waals surface area contributed by atoms with Crippen LogP contribution in [0.15, 0.2) is 22.7 Å². The largest absolute Gasteiger partial charge is 0.490 e. The van der Waals surface area contributed by atoms with Gasteiger partial charge in [0.25, 0.3) is 5.24 Å². The Morgan fingerprint density at radius 2 is 2.00 bits per heavy atom. The molecule has 1 aliphatic heterocycles. The molecule has 0 unspecified atom stereocenters. The highest BCUT2D eigenvalue weighted by Gasteiger charge is 2.21. The van der Waals surface area contributed by atoms with Crippen molar-refractivity contribution in [2.45, 2.75) is 13.3 Å². The number of halogens is 1. The Morgan fingerprint density at radius 3 is 2.75 bits per heavy atom. The summed E-state index contributed by atoms with van der Waals surface area (Å²) in [5, 5.41) is 3.31. The Morgan fingerprint density at radius 1 is 1.25 bits per heavy atom. The third-order valence-electron chi connectivity index (χ3n) is 3.08. The second kappa shape index (κ2) is 5.17. The van der Waals surface area contributed by atoms with Crippen LogP contribution in [0.25, 0.3) is 11.3 Å². The number of aromatic nitrogens is 1. The van der Waals surface area contributed by atoms with E-state index in [2.05, 4.69) is 5.16 Å². The Hall–Kier alpha value is -2.01. The van der Waals surface area contributed by atoms with Gasteiger partial charge in [-0.2, -0.15) is 0 Å². The molecular formula is C14H12ClNO4. The molecule has 104 valence electrons. The molecule has 0 saturated heterocycles. The van der Waals surface area contributed by atoms with Gasteiger partial charge in [0.15, 0.2) is 11.5 Å². The Bertz CT molecular complexity index is 665. The van der Waals surface area contributed by atoms with Gasteiger partial charge < -0.3 is 14.0 Å². The van der Waals surface area contributed by atoms with Crippen molar-refractivity contribution in [3.05, 3.63) is 29.5 Å². The molecule has 0 radical (unpaired) electrons. The summed E-state index contributed by atoms with van der Waals surface area (Å²) in [5.74, 6) is 1.71. The van der Waals surface area contributed by atoms with Crippen LogP contribution >= 0.6 is 11.6 Å². The molecule has 2 heterocycles. The zero-order chi connectivity index (χ0) is 14.1. The number of rotatable bonds is 2. The van der Waals surface area contributed by atoms with Crippen LogP contribution in [0.3, 0.4) is 0 Å². The number of carbonyl (C=O) groups excluding carboxylic acids is 1. The lowest BCUT2D eigenvalue weighted by molar-refractivity contribution is 0.108. The zero-order valence-corrected chi connectivity index (χ0v) is 11.6. The predicted molar refractivity (Wildman–Crippen MR) is 72.5 cm³/mol. The number of aryl methyl sites for hydroxylation is 1. The maximum absolute atomic E-state index is 11.5. The fourth-order valence-electron chi connectivity index (χ4n) is 2.11. The Balaban J connectivity index is 2.07. The molecular weight excluding hydrogens is 282 g/mol. The molecule has 0 amide bonds. The lowest BCUT2D eigenvalue weighted by atomic mass is 10.1. The van der Waals surface area contributed by atoms with Gasteiger partial charge in [0.1, 0.15) is 17.0 Å². The molecule has 6 heteroatoms. The van der Waals surface area contributed by atoms with Gasteiger partial charge in [-0.25, -0.2) is 0 Å². The van der Waals surface area contributed by atoms with Crippen LogP contribution in [-0.4, -0.2) is 23.6 Å². The molecule has 1 aliphatic rings. The molecule has 0 bridgehead atoms.